The minimum atomic E-state index is 1.04. The van der Waals surface area contributed by atoms with Crippen molar-refractivity contribution >= 4 is 55.7 Å². The molecular formula is C56H40N2. The number of para-hydroxylation sites is 3. The van der Waals surface area contributed by atoms with Gasteiger partial charge in [-0.1, -0.05) is 152 Å². The molecule has 0 radical (unpaired) electrons. The van der Waals surface area contributed by atoms with Gasteiger partial charge in [0.2, 0.25) is 0 Å². The summed E-state index contributed by atoms with van der Waals surface area (Å²) in [5, 5.41) is 5.12. The lowest BCUT2D eigenvalue weighted by molar-refractivity contribution is 0.991. The Hall–Kier alpha value is -7.42. The molecule has 1 aromatic heterocycles. The first-order valence-electron chi connectivity index (χ1n) is 20.2. The Kier molecular flexibility index (Phi) is 8.33. The van der Waals surface area contributed by atoms with Crippen LogP contribution in [0.1, 0.15) is 17.5 Å². The number of aromatic nitrogens is 1. The summed E-state index contributed by atoms with van der Waals surface area (Å²) in [5.74, 6) is 0. The van der Waals surface area contributed by atoms with Crippen LogP contribution in [0.25, 0.3) is 77.7 Å². The van der Waals surface area contributed by atoms with E-state index in [-0.39, 0.29) is 0 Å². The second kappa shape index (κ2) is 14.3. The van der Waals surface area contributed by atoms with E-state index in [1.54, 1.807) is 0 Å². The largest absolute Gasteiger partial charge is 0.311 e. The molecule has 274 valence electrons. The molecule has 0 atom stereocenters. The third-order valence-electron chi connectivity index (χ3n) is 11.8. The lowest BCUT2D eigenvalue weighted by Crippen LogP contribution is -2.09. The zero-order valence-electron chi connectivity index (χ0n) is 32.1. The average Bonchev–Trinajstić information content (AvgIpc) is 3.63. The second-order valence-corrected chi connectivity index (χ2v) is 15.2. The molecule has 0 saturated carbocycles. The zero-order chi connectivity index (χ0) is 38.4. The van der Waals surface area contributed by atoms with E-state index in [9.17, 15) is 0 Å². The molecule has 0 amide bonds. The van der Waals surface area contributed by atoms with Gasteiger partial charge in [0.15, 0.2) is 0 Å². The molecular weight excluding hydrogens is 701 g/mol. The summed E-state index contributed by atoms with van der Waals surface area (Å²) in [6, 6.07) is 75.0. The Balaban J connectivity index is 0.983. The number of nitrogens with zero attached hydrogens (tertiary/aromatic N) is 2. The molecule has 0 aliphatic heterocycles. The highest BCUT2D eigenvalue weighted by Crippen LogP contribution is 2.45. The summed E-state index contributed by atoms with van der Waals surface area (Å²) in [7, 11) is 0. The van der Waals surface area contributed by atoms with Crippen LogP contribution in [0, 0.1) is 0 Å². The maximum Gasteiger partial charge on any atom is 0.0541 e. The van der Waals surface area contributed by atoms with Crippen LogP contribution >= 0.6 is 0 Å². The molecule has 10 aromatic rings. The first-order chi connectivity index (χ1) is 28.8. The van der Waals surface area contributed by atoms with Crippen molar-refractivity contribution in [2.45, 2.75) is 12.8 Å². The Labute approximate surface area is 339 Å². The number of rotatable bonds is 7. The van der Waals surface area contributed by atoms with E-state index in [2.05, 4.69) is 228 Å². The molecule has 0 spiro atoms. The monoisotopic (exact) mass is 740 g/mol. The quantitative estimate of drug-likeness (QED) is 0.158. The van der Waals surface area contributed by atoms with Crippen LogP contribution in [0.3, 0.4) is 0 Å². The Morgan fingerprint density at radius 1 is 0.379 bits per heavy atom. The highest BCUT2D eigenvalue weighted by atomic mass is 15.1. The lowest BCUT2D eigenvalue weighted by Gasteiger charge is -2.27. The van der Waals surface area contributed by atoms with Crippen molar-refractivity contribution in [3.63, 3.8) is 0 Å². The third kappa shape index (κ3) is 5.73. The van der Waals surface area contributed by atoms with Gasteiger partial charge in [-0.15, -0.1) is 0 Å². The Bertz CT molecular complexity index is 3120. The number of allylic oxidation sites excluding steroid dienone is 1. The van der Waals surface area contributed by atoms with E-state index >= 15 is 0 Å². The predicted molar refractivity (Wildman–Crippen MR) is 247 cm³/mol. The van der Waals surface area contributed by atoms with Crippen LogP contribution in [0.4, 0.5) is 17.1 Å². The number of benzene rings is 9. The van der Waals surface area contributed by atoms with E-state index in [0.717, 1.165) is 29.9 Å². The first kappa shape index (κ1) is 33.9. The van der Waals surface area contributed by atoms with E-state index in [0.29, 0.717) is 0 Å². The van der Waals surface area contributed by atoms with Gasteiger partial charge in [0.1, 0.15) is 0 Å². The number of anilines is 3. The van der Waals surface area contributed by atoms with Crippen LogP contribution in [-0.2, 0) is 6.42 Å². The molecule has 1 heterocycles. The van der Waals surface area contributed by atoms with Crippen LogP contribution in [0.2, 0.25) is 0 Å². The Morgan fingerprint density at radius 3 is 1.60 bits per heavy atom. The van der Waals surface area contributed by atoms with Crippen molar-refractivity contribution in [3.05, 3.63) is 223 Å². The van der Waals surface area contributed by atoms with Crippen molar-refractivity contribution in [3.8, 4) is 39.1 Å². The first-order valence-corrected chi connectivity index (χ1v) is 20.2. The maximum absolute atomic E-state index is 2.37. The lowest BCUT2D eigenvalue weighted by atomic mass is 9.80. The molecule has 1 aliphatic rings. The number of hydrogen-bond donors (Lipinski definition) is 0. The SMILES string of the molecule is C1=Cc2c(c(-c3ccccc3)c3ccccc3c2-c2ccc(N(c3ccccc3)c3ccc(-c4ccc5c(c4)c4ccccc4n5-c4ccccc4)cc3)cc2)CC1. The smallest absolute Gasteiger partial charge is 0.0541 e. The summed E-state index contributed by atoms with van der Waals surface area (Å²) in [5.41, 5.74) is 17.3. The van der Waals surface area contributed by atoms with Crippen LogP contribution in [-0.4, -0.2) is 4.57 Å². The summed E-state index contributed by atoms with van der Waals surface area (Å²) in [6.07, 6.45) is 6.79. The van der Waals surface area contributed by atoms with E-state index < -0.39 is 0 Å². The Morgan fingerprint density at radius 2 is 0.897 bits per heavy atom. The van der Waals surface area contributed by atoms with Gasteiger partial charge in [-0.3, -0.25) is 0 Å². The molecule has 9 aromatic carbocycles. The molecule has 11 rings (SSSR count). The van der Waals surface area contributed by atoms with Gasteiger partial charge in [-0.2, -0.15) is 0 Å². The number of fused-ring (bicyclic) bond motifs is 5. The molecule has 1 aliphatic carbocycles. The zero-order valence-corrected chi connectivity index (χ0v) is 32.1. The molecule has 2 heteroatoms. The molecule has 0 fully saturated rings. The summed E-state index contributed by atoms with van der Waals surface area (Å²) >= 11 is 0. The standard InChI is InChI=1S/C56H40N2/c1-4-16-40(17-5-1)55-48-23-10-12-25-50(48)56(51-26-13-11-24-49(51)55)41-30-35-46(36-31-41)57(43-18-6-2-7-19-43)45-33-28-39(29-34-45)42-32-37-54-52(38-42)47-22-14-15-27-53(47)58(54)44-20-8-3-9-21-44/h1-10,12-23,25-38H,11,24H2. The maximum atomic E-state index is 2.37. The fraction of sp³-hybridized carbons (Fsp3) is 0.0357. The normalized spacial score (nSPS) is 12.3. The summed E-state index contributed by atoms with van der Waals surface area (Å²) < 4.78 is 2.37. The van der Waals surface area contributed by atoms with Gasteiger partial charge in [0.25, 0.3) is 0 Å². The van der Waals surface area contributed by atoms with Crippen molar-refractivity contribution in [2.75, 3.05) is 4.90 Å². The number of hydrogen-bond acceptors (Lipinski definition) is 1. The fourth-order valence-electron chi connectivity index (χ4n) is 9.24. The fourth-order valence-corrected chi connectivity index (χ4v) is 9.24. The van der Waals surface area contributed by atoms with Gasteiger partial charge >= 0.3 is 0 Å². The van der Waals surface area contributed by atoms with Crippen LogP contribution < -0.4 is 4.90 Å². The topological polar surface area (TPSA) is 8.17 Å². The molecule has 0 saturated heterocycles. The molecule has 0 unspecified atom stereocenters. The highest BCUT2D eigenvalue weighted by molar-refractivity contribution is 6.11. The molecule has 0 bridgehead atoms. The molecule has 2 nitrogen and oxygen atoms in total. The van der Waals surface area contributed by atoms with E-state index in [4.69, 9.17) is 0 Å². The second-order valence-electron chi connectivity index (χ2n) is 15.2. The highest BCUT2D eigenvalue weighted by Gasteiger charge is 2.22. The van der Waals surface area contributed by atoms with E-state index in [1.807, 2.05) is 0 Å². The van der Waals surface area contributed by atoms with Gasteiger partial charge in [0.05, 0.1) is 11.0 Å². The molecule has 58 heavy (non-hydrogen) atoms. The van der Waals surface area contributed by atoms with E-state index in [1.165, 1.54) is 82.8 Å². The minimum Gasteiger partial charge on any atom is -0.311 e. The van der Waals surface area contributed by atoms with Gasteiger partial charge < -0.3 is 9.47 Å². The summed E-state index contributed by atoms with van der Waals surface area (Å²) in [6.45, 7) is 0. The van der Waals surface area contributed by atoms with Crippen molar-refractivity contribution in [2.24, 2.45) is 0 Å². The third-order valence-corrected chi connectivity index (χ3v) is 11.8. The van der Waals surface area contributed by atoms with Gasteiger partial charge in [0, 0.05) is 33.5 Å². The molecule has 0 N–H and O–H groups in total. The predicted octanol–water partition coefficient (Wildman–Crippen LogP) is 15.4. The summed E-state index contributed by atoms with van der Waals surface area (Å²) in [4.78, 5) is 2.36. The van der Waals surface area contributed by atoms with Crippen molar-refractivity contribution in [1.82, 2.24) is 4.57 Å². The van der Waals surface area contributed by atoms with Crippen LogP contribution in [0.5, 0.6) is 0 Å². The minimum absolute atomic E-state index is 1.04. The average molecular weight is 741 g/mol. The van der Waals surface area contributed by atoms with Crippen molar-refractivity contribution < 1.29 is 0 Å². The van der Waals surface area contributed by atoms with Gasteiger partial charge in [-0.25, -0.2) is 0 Å². The van der Waals surface area contributed by atoms with Gasteiger partial charge in [-0.05, 0) is 135 Å². The van der Waals surface area contributed by atoms with Crippen LogP contribution in [0.15, 0.2) is 212 Å². The van der Waals surface area contributed by atoms with Crippen molar-refractivity contribution in [1.29, 1.82) is 0 Å².